The summed E-state index contributed by atoms with van der Waals surface area (Å²) in [7, 11) is 0. The van der Waals surface area contributed by atoms with Gasteiger partial charge in [-0.05, 0) is 35.2 Å². The van der Waals surface area contributed by atoms with Crippen molar-refractivity contribution in [2.45, 2.75) is 38.8 Å². The van der Waals surface area contributed by atoms with E-state index in [1.54, 1.807) is 12.1 Å². The van der Waals surface area contributed by atoms with Crippen LogP contribution in [0.25, 0.3) is 22.1 Å². The maximum absolute atomic E-state index is 12.9. The lowest BCUT2D eigenvalue weighted by molar-refractivity contribution is -0.136. The number of ether oxygens (including phenoxy) is 2. The maximum Gasteiger partial charge on any atom is 0.408 e. The van der Waals surface area contributed by atoms with Gasteiger partial charge in [0.25, 0.3) is 0 Å². The smallest absolute Gasteiger partial charge is 0.408 e. The van der Waals surface area contributed by atoms with Crippen LogP contribution in [0.3, 0.4) is 0 Å². The van der Waals surface area contributed by atoms with Gasteiger partial charge in [0.1, 0.15) is 24.0 Å². The molecule has 0 fully saturated rings. The molecule has 36 heavy (non-hydrogen) atoms. The molecule has 1 N–H and O–H groups in total. The molecule has 4 rings (SSSR count). The molecule has 0 bridgehead atoms. The van der Waals surface area contributed by atoms with Gasteiger partial charge in [-0.25, -0.2) is 14.4 Å². The van der Waals surface area contributed by atoms with Crippen molar-refractivity contribution in [1.82, 2.24) is 5.32 Å². The number of amides is 1. The zero-order valence-electron chi connectivity index (χ0n) is 19.9. The van der Waals surface area contributed by atoms with Crippen molar-refractivity contribution >= 4 is 23.0 Å². The summed E-state index contributed by atoms with van der Waals surface area (Å²) in [5.41, 5.74) is 2.23. The molecule has 0 aliphatic carbocycles. The molecule has 1 heterocycles. The summed E-state index contributed by atoms with van der Waals surface area (Å²) in [5, 5.41) is 3.32. The van der Waals surface area contributed by atoms with Crippen molar-refractivity contribution in [2.24, 2.45) is 0 Å². The van der Waals surface area contributed by atoms with Crippen LogP contribution in [0.2, 0.25) is 0 Å². The minimum absolute atomic E-state index is 0.0929. The Labute approximate surface area is 208 Å². The van der Waals surface area contributed by atoms with Crippen molar-refractivity contribution in [2.75, 3.05) is 0 Å². The van der Waals surface area contributed by atoms with Crippen LogP contribution in [0.1, 0.15) is 31.7 Å². The first-order valence-electron chi connectivity index (χ1n) is 11.9. The highest BCUT2D eigenvalue weighted by atomic mass is 16.6. The van der Waals surface area contributed by atoms with Crippen LogP contribution >= 0.6 is 0 Å². The predicted octanol–water partition coefficient (Wildman–Crippen LogP) is 5.85. The van der Waals surface area contributed by atoms with E-state index in [0.717, 1.165) is 23.1 Å². The number of fused-ring (bicyclic) bond motifs is 1. The molecule has 0 saturated heterocycles. The average Bonchev–Trinajstić information content (AvgIpc) is 2.90. The molecule has 0 aliphatic heterocycles. The molecule has 1 unspecified atom stereocenters. The SMILES string of the molecule is CCCCC(NC(=O)OCc1ccccc1)C(=O)Oc1ccc2c(-c3ccccc3)cc(=O)oc2c1. The Morgan fingerprint density at radius 1 is 0.944 bits per heavy atom. The van der Waals surface area contributed by atoms with E-state index in [0.29, 0.717) is 23.8 Å². The normalized spacial score (nSPS) is 11.6. The molecule has 1 aromatic heterocycles. The Kier molecular flexibility index (Phi) is 8.13. The second-order valence-electron chi connectivity index (χ2n) is 8.33. The van der Waals surface area contributed by atoms with Gasteiger partial charge in [-0.2, -0.15) is 0 Å². The number of alkyl carbamates (subject to hydrolysis) is 1. The van der Waals surface area contributed by atoms with E-state index >= 15 is 0 Å². The van der Waals surface area contributed by atoms with Crippen LogP contribution in [-0.2, 0) is 16.1 Å². The van der Waals surface area contributed by atoms with Crippen LogP contribution in [0.4, 0.5) is 4.79 Å². The largest absolute Gasteiger partial charge is 0.445 e. The quantitative estimate of drug-likeness (QED) is 0.182. The molecule has 3 aromatic carbocycles. The van der Waals surface area contributed by atoms with Gasteiger partial charge < -0.3 is 19.2 Å². The fourth-order valence-electron chi connectivity index (χ4n) is 3.81. The number of hydrogen-bond acceptors (Lipinski definition) is 6. The monoisotopic (exact) mass is 485 g/mol. The Balaban J connectivity index is 1.48. The van der Waals surface area contributed by atoms with Crippen LogP contribution < -0.4 is 15.7 Å². The van der Waals surface area contributed by atoms with E-state index in [1.807, 2.05) is 67.6 Å². The summed E-state index contributed by atoms with van der Waals surface area (Å²) in [5.74, 6) is -0.414. The van der Waals surface area contributed by atoms with Crippen molar-refractivity contribution < 1.29 is 23.5 Å². The van der Waals surface area contributed by atoms with Gasteiger partial charge >= 0.3 is 17.7 Å². The number of unbranched alkanes of at least 4 members (excludes halogenated alkanes) is 1. The van der Waals surface area contributed by atoms with Crippen molar-refractivity contribution in [1.29, 1.82) is 0 Å². The van der Waals surface area contributed by atoms with E-state index in [-0.39, 0.29) is 12.4 Å². The molecular weight excluding hydrogens is 458 g/mol. The number of hydrogen-bond donors (Lipinski definition) is 1. The number of rotatable bonds is 9. The molecule has 0 aliphatic rings. The Morgan fingerprint density at radius 2 is 1.67 bits per heavy atom. The maximum atomic E-state index is 12.9. The summed E-state index contributed by atoms with van der Waals surface area (Å²) in [4.78, 5) is 37.5. The molecule has 184 valence electrons. The summed E-state index contributed by atoms with van der Waals surface area (Å²) in [6.45, 7) is 2.08. The van der Waals surface area contributed by atoms with E-state index < -0.39 is 23.7 Å². The number of nitrogens with one attached hydrogen (secondary N) is 1. The highest BCUT2D eigenvalue weighted by molar-refractivity contribution is 5.94. The second-order valence-corrected chi connectivity index (χ2v) is 8.33. The van der Waals surface area contributed by atoms with Gasteiger partial charge in [-0.15, -0.1) is 0 Å². The Hall–Kier alpha value is -4.39. The fourth-order valence-corrected chi connectivity index (χ4v) is 3.81. The van der Waals surface area contributed by atoms with Crippen molar-refractivity contribution in [3.05, 3.63) is 101 Å². The standard InChI is InChI=1S/C29H27NO6/c1-2-3-14-25(30-29(33)34-19-20-10-6-4-7-11-20)28(32)35-22-15-16-23-24(21-12-8-5-9-13-21)18-27(31)36-26(23)17-22/h4-13,15-18,25H,2-3,14,19H2,1H3,(H,30,33). The van der Waals surface area contributed by atoms with Crippen molar-refractivity contribution in [3.8, 4) is 16.9 Å². The van der Waals surface area contributed by atoms with Gasteiger partial charge in [0.05, 0.1) is 0 Å². The van der Waals surface area contributed by atoms with Crippen LogP contribution in [-0.4, -0.2) is 18.1 Å². The lowest BCUT2D eigenvalue weighted by atomic mass is 10.0. The van der Waals surface area contributed by atoms with E-state index in [1.165, 1.54) is 12.1 Å². The summed E-state index contributed by atoms with van der Waals surface area (Å²) in [6, 6.07) is 24.2. The molecule has 7 heteroatoms. The number of carbonyl (C=O) groups is 2. The lowest BCUT2D eigenvalue weighted by Crippen LogP contribution is -2.43. The highest BCUT2D eigenvalue weighted by Crippen LogP contribution is 2.29. The Morgan fingerprint density at radius 3 is 2.39 bits per heavy atom. The third kappa shape index (κ3) is 6.39. The zero-order valence-corrected chi connectivity index (χ0v) is 19.9. The predicted molar refractivity (Wildman–Crippen MR) is 137 cm³/mol. The van der Waals surface area contributed by atoms with Crippen LogP contribution in [0.5, 0.6) is 5.75 Å². The molecule has 4 aromatic rings. The number of carbonyl (C=O) groups excluding carboxylic acids is 2. The first kappa shape index (κ1) is 24.7. The van der Waals surface area contributed by atoms with E-state index in [4.69, 9.17) is 13.9 Å². The first-order valence-corrected chi connectivity index (χ1v) is 11.9. The second kappa shape index (κ2) is 11.8. The third-order valence-corrected chi connectivity index (χ3v) is 5.65. The average molecular weight is 486 g/mol. The summed E-state index contributed by atoms with van der Waals surface area (Å²) in [6.07, 6.45) is 1.25. The number of benzene rings is 3. The van der Waals surface area contributed by atoms with Gasteiger partial charge in [-0.3, -0.25) is 0 Å². The number of esters is 1. The van der Waals surface area contributed by atoms with Crippen molar-refractivity contribution in [3.63, 3.8) is 0 Å². The molecule has 1 atom stereocenters. The van der Waals surface area contributed by atoms with E-state index in [9.17, 15) is 14.4 Å². The molecule has 0 radical (unpaired) electrons. The van der Waals surface area contributed by atoms with Gasteiger partial charge in [0.15, 0.2) is 0 Å². The molecule has 7 nitrogen and oxygen atoms in total. The third-order valence-electron chi connectivity index (χ3n) is 5.65. The first-order chi connectivity index (χ1) is 17.5. The minimum atomic E-state index is -0.883. The van der Waals surface area contributed by atoms with Gasteiger partial charge in [0, 0.05) is 17.5 Å². The molecular formula is C29H27NO6. The minimum Gasteiger partial charge on any atom is -0.445 e. The zero-order chi connectivity index (χ0) is 25.3. The summed E-state index contributed by atoms with van der Waals surface area (Å²) >= 11 is 0. The van der Waals surface area contributed by atoms with Crippen LogP contribution in [0, 0.1) is 0 Å². The van der Waals surface area contributed by atoms with Crippen LogP contribution in [0.15, 0.2) is 94.1 Å². The van der Waals surface area contributed by atoms with E-state index in [2.05, 4.69) is 5.32 Å². The van der Waals surface area contributed by atoms with Gasteiger partial charge in [-0.1, -0.05) is 80.4 Å². The molecule has 0 saturated carbocycles. The topological polar surface area (TPSA) is 94.8 Å². The molecule has 1 amide bonds. The van der Waals surface area contributed by atoms with Gasteiger partial charge in [0.2, 0.25) is 0 Å². The summed E-state index contributed by atoms with van der Waals surface area (Å²) < 4.78 is 16.2. The fraction of sp³-hybridized carbons (Fsp3) is 0.207. The lowest BCUT2D eigenvalue weighted by Gasteiger charge is -2.17. The highest BCUT2D eigenvalue weighted by Gasteiger charge is 2.23. The molecule has 0 spiro atoms. The Bertz CT molecular complexity index is 1380.